The van der Waals surface area contributed by atoms with Crippen molar-refractivity contribution in [3.05, 3.63) is 0 Å². The van der Waals surface area contributed by atoms with Crippen molar-refractivity contribution in [2.45, 2.75) is 72.3 Å². The monoisotopic (exact) mass is 242 g/mol. The Hall–Kier alpha value is -0.570. The van der Waals surface area contributed by atoms with Gasteiger partial charge in [-0.3, -0.25) is 4.79 Å². The van der Waals surface area contributed by atoms with E-state index in [-0.39, 0.29) is 11.3 Å². The summed E-state index contributed by atoms with van der Waals surface area (Å²) >= 11 is 0. The summed E-state index contributed by atoms with van der Waals surface area (Å²) in [7, 11) is 0. The van der Waals surface area contributed by atoms with E-state index in [1.54, 1.807) is 0 Å². The topological polar surface area (TPSA) is 55.1 Å². The lowest BCUT2D eigenvalue weighted by atomic mass is 9.87. The van der Waals surface area contributed by atoms with Crippen LogP contribution in [0.25, 0.3) is 0 Å². The average Bonchev–Trinajstić information content (AvgIpc) is 2.26. The number of amides is 1. The fraction of sp³-hybridized carbons (Fsp3) is 0.929. The molecule has 0 fully saturated rings. The molecular formula is C14H30N2O. The van der Waals surface area contributed by atoms with Gasteiger partial charge >= 0.3 is 0 Å². The molecule has 0 aromatic heterocycles. The molecule has 0 rings (SSSR count). The van der Waals surface area contributed by atoms with Crippen molar-refractivity contribution in [1.82, 2.24) is 5.32 Å². The number of carbonyl (C=O) groups excluding carboxylic acids is 1. The van der Waals surface area contributed by atoms with E-state index in [4.69, 9.17) is 5.73 Å². The molecule has 0 aliphatic heterocycles. The molecule has 0 saturated heterocycles. The minimum absolute atomic E-state index is 0.150. The summed E-state index contributed by atoms with van der Waals surface area (Å²) in [5, 5.41) is 3.18. The predicted molar refractivity (Wildman–Crippen MR) is 73.8 cm³/mol. The van der Waals surface area contributed by atoms with Crippen molar-refractivity contribution in [2.24, 2.45) is 11.1 Å². The van der Waals surface area contributed by atoms with E-state index in [1.165, 1.54) is 12.8 Å². The van der Waals surface area contributed by atoms with Crippen LogP contribution in [-0.2, 0) is 4.79 Å². The predicted octanol–water partition coefficient (Wildman–Crippen LogP) is 2.84. The molecule has 102 valence electrons. The molecule has 3 heteroatoms. The second-order valence-electron chi connectivity index (χ2n) is 5.52. The van der Waals surface area contributed by atoms with Crippen LogP contribution in [0, 0.1) is 5.41 Å². The Morgan fingerprint density at radius 2 is 1.88 bits per heavy atom. The maximum Gasteiger partial charge on any atom is 0.225 e. The van der Waals surface area contributed by atoms with Crippen molar-refractivity contribution in [3.8, 4) is 0 Å². The van der Waals surface area contributed by atoms with Gasteiger partial charge in [-0.2, -0.15) is 0 Å². The van der Waals surface area contributed by atoms with Crippen molar-refractivity contribution < 1.29 is 4.79 Å². The van der Waals surface area contributed by atoms with Crippen molar-refractivity contribution in [1.29, 1.82) is 0 Å². The highest BCUT2D eigenvalue weighted by molar-refractivity contribution is 5.82. The first-order valence-electron chi connectivity index (χ1n) is 6.99. The molecule has 0 radical (unpaired) electrons. The lowest BCUT2D eigenvalue weighted by Gasteiger charge is -2.27. The zero-order chi connectivity index (χ0) is 13.3. The van der Waals surface area contributed by atoms with Gasteiger partial charge in [0.1, 0.15) is 0 Å². The molecule has 0 spiro atoms. The van der Waals surface area contributed by atoms with Gasteiger partial charge in [-0.25, -0.2) is 0 Å². The van der Waals surface area contributed by atoms with E-state index in [9.17, 15) is 4.79 Å². The van der Waals surface area contributed by atoms with Crippen LogP contribution in [0.15, 0.2) is 0 Å². The summed E-state index contributed by atoms with van der Waals surface area (Å²) in [6, 6.07) is 0.337. The van der Waals surface area contributed by atoms with Crippen molar-refractivity contribution in [2.75, 3.05) is 6.54 Å². The van der Waals surface area contributed by atoms with Gasteiger partial charge in [0.25, 0.3) is 0 Å². The maximum absolute atomic E-state index is 12.1. The van der Waals surface area contributed by atoms with Gasteiger partial charge < -0.3 is 11.1 Å². The first-order chi connectivity index (χ1) is 7.97. The third-order valence-corrected chi connectivity index (χ3v) is 3.26. The second-order valence-corrected chi connectivity index (χ2v) is 5.52. The Bertz CT molecular complexity index is 214. The Labute approximate surface area is 107 Å². The number of rotatable bonds is 9. The number of carbonyl (C=O) groups is 1. The summed E-state index contributed by atoms with van der Waals surface area (Å²) in [6.07, 6.45) is 6.39. The average molecular weight is 242 g/mol. The summed E-state index contributed by atoms with van der Waals surface area (Å²) in [5.74, 6) is 0.150. The van der Waals surface area contributed by atoms with Gasteiger partial charge in [-0.15, -0.1) is 0 Å². The SMILES string of the molecule is CCCCC(CCC)NC(=O)C(C)(C)CCN. The lowest BCUT2D eigenvalue weighted by Crippen LogP contribution is -2.43. The number of nitrogens with two attached hydrogens (primary N) is 1. The normalized spacial score (nSPS) is 13.5. The minimum Gasteiger partial charge on any atom is -0.353 e. The minimum atomic E-state index is -0.340. The van der Waals surface area contributed by atoms with E-state index < -0.39 is 0 Å². The molecule has 0 aromatic rings. The fourth-order valence-electron chi connectivity index (χ4n) is 1.94. The molecule has 0 saturated carbocycles. The molecule has 1 amide bonds. The zero-order valence-electron chi connectivity index (χ0n) is 12.0. The van der Waals surface area contributed by atoms with Gasteiger partial charge in [0.15, 0.2) is 0 Å². The lowest BCUT2D eigenvalue weighted by molar-refractivity contribution is -0.130. The van der Waals surface area contributed by atoms with E-state index in [0.717, 1.165) is 25.7 Å². The maximum atomic E-state index is 12.1. The van der Waals surface area contributed by atoms with Crippen LogP contribution in [0.1, 0.15) is 66.2 Å². The molecule has 0 bridgehead atoms. The first-order valence-corrected chi connectivity index (χ1v) is 6.99. The molecule has 3 nitrogen and oxygen atoms in total. The van der Waals surface area contributed by atoms with Crippen LogP contribution < -0.4 is 11.1 Å². The number of unbranched alkanes of at least 4 members (excludes halogenated alkanes) is 1. The number of nitrogens with one attached hydrogen (secondary N) is 1. The van der Waals surface area contributed by atoms with Crippen molar-refractivity contribution in [3.63, 3.8) is 0 Å². The van der Waals surface area contributed by atoms with E-state index in [2.05, 4.69) is 19.2 Å². The Morgan fingerprint density at radius 1 is 1.24 bits per heavy atom. The highest BCUT2D eigenvalue weighted by Crippen LogP contribution is 2.20. The highest BCUT2D eigenvalue weighted by atomic mass is 16.2. The second kappa shape index (κ2) is 8.51. The van der Waals surface area contributed by atoms with Crippen molar-refractivity contribution >= 4 is 5.91 Å². The van der Waals surface area contributed by atoms with Gasteiger partial charge in [-0.05, 0) is 25.8 Å². The molecule has 17 heavy (non-hydrogen) atoms. The number of hydrogen-bond acceptors (Lipinski definition) is 2. The molecule has 0 heterocycles. The third-order valence-electron chi connectivity index (χ3n) is 3.26. The third kappa shape index (κ3) is 6.67. The standard InChI is InChI=1S/C14H30N2O/c1-5-7-9-12(8-6-2)16-13(17)14(3,4)10-11-15/h12H,5-11,15H2,1-4H3,(H,16,17). The molecular weight excluding hydrogens is 212 g/mol. The highest BCUT2D eigenvalue weighted by Gasteiger charge is 2.27. The van der Waals surface area contributed by atoms with Crippen LogP contribution >= 0.6 is 0 Å². The van der Waals surface area contributed by atoms with Gasteiger partial charge in [0, 0.05) is 11.5 Å². The quantitative estimate of drug-likeness (QED) is 0.653. The summed E-state index contributed by atoms with van der Waals surface area (Å²) in [4.78, 5) is 12.1. The molecule has 0 aromatic carbocycles. The van der Waals surface area contributed by atoms with E-state index >= 15 is 0 Å². The first kappa shape index (κ1) is 16.4. The molecule has 1 unspecified atom stereocenters. The van der Waals surface area contributed by atoms with Crippen LogP contribution in [0.4, 0.5) is 0 Å². The van der Waals surface area contributed by atoms with Crippen LogP contribution in [0.2, 0.25) is 0 Å². The van der Waals surface area contributed by atoms with E-state index in [1.807, 2.05) is 13.8 Å². The Morgan fingerprint density at radius 3 is 2.35 bits per heavy atom. The largest absolute Gasteiger partial charge is 0.353 e. The zero-order valence-corrected chi connectivity index (χ0v) is 12.0. The summed E-state index contributed by atoms with van der Waals surface area (Å²) in [6.45, 7) is 8.85. The Balaban J connectivity index is 4.27. The van der Waals surface area contributed by atoms with Crippen LogP contribution in [-0.4, -0.2) is 18.5 Å². The fourth-order valence-corrected chi connectivity index (χ4v) is 1.94. The number of hydrogen-bond donors (Lipinski definition) is 2. The van der Waals surface area contributed by atoms with Crippen LogP contribution in [0.3, 0.4) is 0 Å². The molecule has 0 aliphatic rings. The Kier molecular flexibility index (Phi) is 8.23. The molecule has 0 aliphatic carbocycles. The van der Waals surface area contributed by atoms with Gasteiger partial charge in [0.2, 0.25) is 5.91 Å². The van der Waals surface area contributed by atoms with Gasteiger partial charge in [-0.1, -0.05) is 47.0 Å². The van der Waals surface area contributed by atoms with Crippen LogP contribution in [0.5, 0.6) is 0 Å². The van der Waals surface area contributed by atoms with E-state index in [0.29, 0.717) is 12.6 Å². The summed E-state index contributed by atoms with van der Waals surface area (Å²) in [5.41, 5.74) is 5.20. The molecule has 3 N–H and O–H groups in total. The van der Waals surface area contributed by atoms with Gasteiger partial charge in [0.05, 0.1) is 0 Å². The molecule has 1 atom stereocenters. The summed E-state index contributed by atoms with van der Waals surface area (Å²) < 4.78 is 0. The smallest absolute Gasteiger partial charge is 0.225 e.